The van der Waals surface area contributed by atoms with Gasteiger partial charge in [0.2, 0.25) is 5.82 Å². The summed E-state index contributed by atoms with van der Waals surface area (Å²) in [4.78, 5) is 14.5. The van der Waals surface area contributed by atoms with Gasteiger partial charge in [-0.05, 0) is 19.1 Å². The average Bonchev–Trinajstić information content (AvgIpc) is 2.44. The van der Waals surface area contributed by atoms with Crippen molar-refractivity contribution in [3.8, 4) is 0 Å². The summed E-state index contributed by atoms with van der Waals surface area (Å²) >= 11 is 6.00. The van der Waals surface area contributed by atoms with E-state index in [0.717, 1.165) is 0 Å². The number of nitrogens with zero attached hydrogens (tertiary/aromatic N) is 2. The fraction of sp³-hybridized carbons (Fsp3) is 0.214. The number of aliphatic hydroxyl groups is 1. The van der Waals surface area contributed by atoms with Crippen molar-refractivity contribution in [2.75, 3.05) is 11.9 Å². The zero-order valence-corrected chi connectivity index (χ0v) is 12.0. The van der Waals surface area contributed by atoms with Crippen LogP contribution in [0, 0.1) is 17.0 Å². The Hall–Kier alpha value is -2.18. The highest BCUT2D eigenvalue weighted by atomic mass is 35.5. The lowest BCUT2D eigenvalue weighted by Gasteiger charge is -2.14. The maximum Gasteiger partial charge on any atom is 0.314 e. The van der Waals surface area contributed by atoms with Crippen molar-refractivity contribution in [3.05, 3.63) is 62.8 Å². The first kappa shape index (κ1) is 15.2. The van der Waals surface area contributed by atoms with Gasteiger partial charge in [0.1, 0.15) is 0 Å². The molecule has 1 aromatic carbocycles. The van der Waals surface area contributed by atoms with Crippen LogP contribution in [0.15, 0.2) is 36.5 Å². The molecule has 1 atom stereocenters. The molecule has 6 nitrogen and oxygen atoms in total. The fourth-order valence-corrected chi connectivity index (χ4v) is 2.22. The van der Waals surface area contributed by atoms with Crippen molar-refractivity contribution in [2.45, 2.75) is 13.0 Å². The number of hydrogen-bond acceptors (Lipinski definition) is 5. The molecule has 0 amide bonds. The van der Waals surface area contributed by atoms with Crippen LogP contribution in [-0.2, 0) is 0 Å². The van der Waals surface area contributed by atoms with Crippen LogP contribution in [0.25, 0.3) is 0 Å². The van der Waals surface area contributed by atoms with Crippen molar-refractivity contribution in [2.24, 2.45) is 0 Å². The van der Waals surface area contributed by atoms with Crippen LogP contribution < -0.4 is 5.32 Å². The molecule has 0 aliphatic rings. The van der Waals surface area contributed by atoms with Gasteiger partial charge in [-0.3, -0.25) is 10.1 Å². The Balaban J connectivity index is 2.16. The molecule has 0 radical (unpaired) electrons. The van der Waals surface area contributed by atoms with E-state index in [0.29, 0.717) is 16.1 Å². The van der Waals surface area contributed by atoms with Crippen LogP contribution in [0.2, 0.25) is 5.02 Å². The summed E-state index contributed by atoms with van der Waals surface area (Å²) in [6.45, 7) is 1.70. The van der Waals surface area contributed by atoms with Gasteiger partial charge in [-0.2, -0.15) is 0 Å². The number of nitro groups is 1. The molecule has 2 aromatic rings. The zero-order chi connectivity index (χ0) is 15.4. The molecule has 1 unspecified atom stereocenters. The van der Waals surface area contributed by atoms with E-state index in [-0.39, 0.29) is 18.1 Å². The van der Waals surface area contributed by atoms with E-state index in [1.54, 1.807) is 37.3 Å². The Morgan fingerprint density at radius 1 is 1.43 bits per heavy atom. The predicted molar refractivity (Wildman–Crippen MR) is 80.5 cm³/mol. The Kier molecular flexibility index (Phi) is 4.72. The first-order valence-electron chi connectivity index (χ1n) is 6.27. The molecule has 2 N–H and O–H groups in total. The van der Waals surface area contributed by atoms with Crippen molar-refractivity contribution in [1.82, 2.24) is 4.98 Å². The van der Waals surface area contributed by atoms with Gasteiger partial charge in [0, 0.05) is 28.9 Å². The summed E-state index contributed by atoms with van der Waals surface area (Å²) < 4.78 is 0. The normalized spacial score (nSPS) is 12.0. The molecule has 0 spiro atoms. The maximum atomic E-state index is 11.1. The van der Waals surface area contributed by atoms with Gasteiger partial charge in [-0.1, -0.05) is 29.8 Å². The molecular weight excluding hydrogens is 294 g/mol. The lowest BCUT2D eigenvalue weighted by atomic mass is 10.1. The number of hydrogen-bond donors (Lipinski definition) is 2. The summed E-state index contributed by atoms with van der Waals surface area (Å²) in [5.74, 6) is 0.131. The first-order chi connectivity index (χ1) is 10.0. The van der Waals surface area contributed by atoms with Crippen molar-refractivity contribution in [3.63, 3.8) is 0 Å². The Morgan fingerprint density at radius 2 is 2.14 bits per heavy atom. The highest BCUT2D eigenvalue weighted by Crippen LogP contribution is 2.27. The van der Waals surface area contributed by atoms with E-state index in [9.17, 15) is 15.2 Å². The topological polar surface area (TPSA) is 88.3 Å². The third kappa shape index (κ3) is 3.48. The minimum atomic E-state index is -0.888. The van der Waals surface area contributed by atoms with E-state index in [1.165, 1.54) is 6.20 Å². The number of benzene rings is 1. The number of rotatable bonds is 5. The summed E-state index contributed by atoms with van der Waals surface area (Å²) in [5.41, 5.74) is 0.968. The van der Waals surface area contributed by atoms with Gasteiger partial charge in [0.25, 0.3) is 0 Å². The second kappa shape index (κ2) is 6.51. The van der Waals surface area contributed by atoms with Gasteiger partial charge in [0.05, 0.1) is 11.0 Å². The Bertz CT molecular complexity index is 664. The molecule has 0 aliphatic carbocycles. The largest absolute Gasteiger partial charge is 0.387 e. The predicted octanol–water partition coefficient (Wildman–Crippen LogP) is 3.10. The maximum absolute atomic E-state index is 11.1. The van der Waals surface area contributed by atoms with Crippen molar-refractivity contribution >= 4 is 23.1 Å². The summed E-state index contributed by atoms with van der Waals surface area (Å²) in [7, 11) is 0. The van der Waals surface area contributed by atoms with Crippen LogP contribution in [-0.4, -0.2) is 21.6 Å². The highest BCUT2D eigenvalue weighted by Gasteiger charge is 2.19. The molecule has 0 fully saturated rings. The number of anilines is 1. The van der Waals surface area contributed by atoms with Crippen LogP contribution in [0.4, 0.5) is 11.5 Å². The highest BCUT2D eigenvalue weighted by molar-refractivity contribution is 6.31. The number of aliphatic hydroxyl groups excluding tert-OH is 1. The van der Waals surface area contributed by atoms with Crippen molar-refractivity contribution < 1.29 is 10.0 Å². The zero-order valence-electron chi connectivity index (χ0n) is 11.3. The van der Waals surface area contributed by atoms with Crippen LogP contribution >= 0.6 is 11.6 Å². The third-order valence-corrected chi connectivity index (χ3v) is 3.38. The molecule has 0 aliphatic heterocycles. The quantitative estimate of drug-likeness (QED) is 0.654. The molecule has 1 aromatic heterocycles. The molecule has 2 rings (SSSR count). The molecule has 0 saturated heterocycles. The lowest BCUT2D eigenvalue weighted by Crippen LogP contribution is -2.14. The molecule has 0 bridgehead atoms. The smallest absolute Gasteiger partial charge is 0.314 e. The number of pyridine rings is 1. The second-order valence-electron chi connectivity index (χ2n) is 4.50. The molecule has 110 valence electrons. The van der Waals surface area contributed by atoms with E-state index < -0.39 is 11.0 Å². The molecular formula is C14H14ClN3O3. The standard InChI is InChI=1S/C14H14ClN3O3/c1-9-6-7-16-14(13(9)18(20)21)17-8-12(19)10-4-2-3-5-11(10)15/h2-7,12,19H,8H2,1H3,(H,16,17). The third-order valence-electron chi connectivity index (χ3n) is 3.04. The monoisotopic (exact) mass is 307 g/mol. The van der Waals surface area contributed by atoms with Gasteiger partial charge >= 0.3 is 5.69 Å². The molecule has 21 heavy (non-hydrogen) atoms. The number of aryl methyl sites for hydroxylation is 1. The van der Waals surface area contributed by atoms with Gasteiger partial charge in [-0.25, -0.2) is 4.98 Å². The van der Waals surface area contributed by atoms with Crippen LogP contribution in [0.5, 0.6) is 0 Å². The minimum absolute atomic E-state index is 0.0705. The summed E-state index contributed by atoms with van der Waals surface area (Å²) in [6.07, 6.45) is 0.590. The lowest BCUT2D eigenvalue weighted by molar-refractivity contribution is -0.384. The Morgan fingerprint density at radius 3 is 2.81 bits per heavy atom. The second-order valence-corrected chi connectivity index (χ2v) is 4.91. The number of nitrogens with one attached hydrogen (secondary N) is 1. The molecule has 0 saturated carbocycles. The van der Waals surface area contributed by atoms with Crippen LogP contribution in [0.3, 0.4) is 0 Å². The van der Waals surface area contributed by atoms with E-state index in [2.05, 4.69) is 10.3 Å². The van der Waals surface area contributed by atoms with E-state index in [1.807, 2.05) is 0 Å². The van der Waals surface area contributed by atoms with Crippen molar-refractivity contribution in [1.29, 1.82) is 0 Å². The minimum Gasteiger partial charge on any atom is -0.387 e. The fourth-order valence-electron chi connectivity index (χ4n) is 1.96. The summed E-state index contributed by atoms with van der Waals surface area (Å²) in [5, 5.41) is 24.4. The summed E-state index contributed by atoms with van der Waals surface area (Å²) in [6, 6.07) is 8.46. The number of aromatic nitrogens is 1. The Labute approximate surface area is 126 Å². The SMILES string of the molecule is Cc1ccnc(NCC(O)c2ccccc2Cl)c1[N+](=O)[O-]. The van der Waals surface area contributed by atoms with Gasteiger partial charge in [0.15, 0.2) is 0 Å². The average molecular weight is 308 g/mol. The number of halogens is 1. The van der Waals surface area contributed by atoms with Gasteiger partial charge in [-0.15, -0.1) is 0 Å². The van der Waals surface area contributed by atoms with Crippen LogP contribution in [0.1, 0.15) is 17.2 Å². The first-order valence-corrected chi connectivity index (χ1v) is 6.65. The van der Waals surface area contributed by atoms with E-state index in [4.69, 9.17) is 11.6 Å². The molecule has 1 heterocycles. The van der Waals surface area contributed by atoms with Gasteiger partial charge < -0.3 is 10.4 Å². The molecule has 7 heteroatoms. The van der Waals surface area contributed by atoms with E-state index >= 15 is 0 Å².